The fraction of sp³-hybridized carbons (Fsp3) is 0.333. The quantitative estimate of drug-likeness (QED) is 0.307. The van der Waals surface area contributed by atoms with Crippen LogP contribution in [0.3, 0.4) is 0 Å². The number of benzene rings is 3. The van der Waals surface area contributed by atoms with Gasteiger partial charge in [0, 0.05) is 29.1 Å². The molecule has 1 atom stereocenters. The lowest BCUT2D eigenvalue weighted by molar-refractivity contribution is 0.0716. The van der Waals surface area contributed by atoms with E-state index in [0.29, 0.717) is 11.3 Å². The first kappa shape index (κ1) is 25.0. The van der Waals surface area contributed by atoms with Crippen LogP contribution in [0.2, 0.25) is 0 Å². The topological polar surface area (TPSA) is 61.5 Å². The van der Waals surface area contributed by atoms with Crippen LogP contribution in [-0.4, -0.2) is 59.7 Å². The zero-order valence-electron chi connectivity index (χ0n) is 21.8. The summed E-state index contributed by atoms with van der Waals surface area (Å²) in [6.07, 6.45) is 4.72. The summed E-state index contributed by atoms with van der Waals surface area (Å²) in [5.41, 5.74) is 5.20. The first-order valence-electron chi connectivity index (χ1n) is 12.7. The summed E-state index contributed by atoms with van der Waals surface area (Å²) in [5, 5.41) is 8.48. The molecule has 5 rings (SSSR count). The largest absolute Gasteiger partial charge is 0.490 e. The van der Waals surface area contributed by atoms with E-state index < -0.39 is 0 Å². The van der Waals surface area contributed by atoms with Gasteiger partial charge < -0.3 is 14.5 Å². The Morgan fingerprint density at radius 1 is 1.14 bits per heavy atom. The first-order valence-corrected chi connectivity index (χ1v) is 12.7. The van der Waals surface area contributed by atoms with Gasteiger partial charge in [0.15, 0.2) is 0 Å². The highest BCUT2D eigenvalue weighted by Gasteiger charge is 2.28. The maximum Gasteiger partial charge on any atom is 0.254 e. The number of H-pyrrole nitrogens is 1. The third-order valence-electron chi connectivity index (χ3n) is 7.04. The Labute approximate surface area is 217 Å². The van der Waals surface area contributed by atoms with Crippen LogP contribution in [0, 0.1) is 12.7 Å². The van der Waals surface area contributed by atoms with Crippen LogP contribution in [0.15, 0.2) is 60.8 Å². The van der Waals surface area contributed by atoms with Crippen LogP contribution in [0.1, 0.15) is 46.8 Å². The lowest BCUT2D eigenvalue weighted by atomic mass is 9.96. The summed E-state index contributed by atoms with van der Waals surface area (Å²) in [6, 6.07) is 16.0. The second kappa shape index (κ2) is 10.3. The van der Waals surface area contributed by atoms with Gasteiger partial charge in [-0.15, -0.1) is 0 Å². The number of hydrogen-bond acceptors (Lipinski definition) is 4. The molecule has 7 heteroatoms. The highest BCUT2D eigenvalue weighted by Crippen LogP contribution is 2.37. The van der Waals surface area contributed by atoms with Crippen molar-refractivity contribution in [3.05, 3.63) is 83.3 Å². The minimum Gasteiger partial charge on any atom is -0.490 e. The summed E-state index contributed by atoms with van der Waals surface area (Å²) >= 11 is 0. The summed E-state index contributed by atoms with van der Waals surface area (Å²) < 4.78 is 20.1. The van der Waals surface area contributed by atoms with E-state index in [2.05, 4.69) is 34.2 Å². The molecule has 0 radical (unpaired) electrons. The summed E-state index contributed by atoms with van der Waals surface area (Å²) in [5.74, 6) is 0.216. The van der Waals surface area contributed by atoms with Gasteiger partial charge in [-0.2, -0.15) is 5.10 Å². The lowest BCUT2D eigenvalue weighted by Gasteiger charge is -2.30. The van der Waals surface area contributed by atoms with Gasteiger partial charge in [0.2, 0.25) is 0 Å². The van der Waals surface area contributed by atoms with Crippen LogP contribution in [0.4, 0.5) is 4.39 Å². The summed E-state index contributed by atoms with van der Waals surface area (Å²) in [6.45, 7) is 2.88. The molecule has 1 fully saturated rings. The summed E-state index contributed by atoms with van der Waals surface area (Å²) in [7, 11) is 5.92. The van der Waals surface area contributed by atoms with E-state index in [-0.39, 0.29) is 23.9 Å². The molecule has 4 aromatic rings. The average molecular weight is 501 g/mol. The predicted octanol–water partition coefficient (Wildman–Crippen LogP) is 5.98. The molecule has 3 aromatic carbocycles. The fourth-order valence-electron chi connectivity index (χ4n) is 4.77. The molecular formula is C30H33FN4O2. The number of carbonyl (C=O) groups excluding carboxylic acids is 1. The van der Waals surface area contributed by atoms with Crippen LogP contribution in [0.25, 0.3) is 22.0 Å². The molecule has 1 aromatic heterocycles. The Morgan fingerprint density at radius 3 is 2.68 bits per heavy atom. The van der Waals surface area contributed by atoms with Crippen molar-refractivity contribution in [3.8, 4) is 16.9 Å². The molecule has 1 heterocycles. The van der Waals surface area contributed by atoms with Crippen molar-refractivity contribution in [2.75, 3.05) is 27.7 Å². The molecule has 6 nitrogen and oxygen atoms in total. The average Bonchev–Trinajstić information content (AvgIpc) is 3.55. The number of aromatic amines is 1. The van der Waals surface area contributed by atoms with Crippen LogP contribution >= 0.6 is 0 Å². The molecule has 0 aliphatic heterocycles. The van der Waals surface area contributed by atoms with E-state index in [1.807, 2.05) is 50.4 Å². The van der Waals surface area contributed by atoms with Gasteiger partial charge in [-0.25, -0.2) is 4.39 Å². The Kier molecular flexibility index (Phi) is 6.98. The fourth-order valence-corrected chi connectivity index (χ4v) is 4.77. The van der Waals surface area contributed by atoms with Crippen molar-refractivity contribution in [1.82, 2.24) is 20.0 Å². The number of carbonyl (C=O) groups is 1. The van der Waals surface area contributed by atoms with Crippen molar-refractivity contribution < 1.29 is 13.9 Å². The van der Waals surface area contributed by atoms with Crippen molar-refractivity contribution in [2.24, 2.45) is 0 Å². The normalized spacial score (nSPS) is 14.2. The van der Waals surface area contributed by atoms with Crippen molar-refractivity contribution in [1.29, 1.82) is 0 Å². The van der Waals surface area contributed by atoms with E-state index in [1.165, 1.54) is 12.1 Å². The van der Waals surface area contributed by atoms with Gasteiger partial charge in [0.1, 0.15) is 11.6 Å². The minimum absolute atomic E-state index is 0.0940. The van der Waals surface area contributed by atoms with E-state index in [0.717, 1.165) is 59.0 Å². The zero-order chi connectivity index (χ0) is 26.1. The van der Waals surface area contributed by atoms with Crippen molar-refractivity contribution in [3.63, 3.8) is 0 Å². The molecule has 1 saturated carbocycles. The number of nitrogens with zero attached hydrogens (tertiary/aromatic N) is 3. The molecule has 1 amide bonds. The smallest absolute Gasteiger partial charge is 0.254 e. The molecule has 1 aliphatic carbocycles. The van der Waals surface area contributed by atoms with Crippen molar-refractivity contribution in [2.45, 2.75) is 38.3 Å². The van der Waals surface area contributed by atoms with Gasteiger partial charge >= 0.3 is 0 Å². The predicted molar refractivity (Wildman–Crippen MR) is 144 cm³/mol. The summed E-state index contributed by atoms with van der Waals surface area (Å²) in [4.78, 5) is 17.8. The molecule has 1 N–H and O–H groups in total. The number of halogens is 1. The Morgan fingerprint density at radius 2 is 1.95 bits per heavy atom. The van der Waals surface area contributed by atoms with Gasteiger partial charge in [0.05, 0.1) is 23.9 Å². The van der Waals surface area contributed by atoms with E-state index >= 15 is 0 Å². The molecular weight excluding hydrogens is 467 g/mol. The number of hydrogen-bond donors (Lipinski definition) is 1. The van der Waals surface area contributed by atoms with Gasteiger partial charge in [-0.3, -0.25) is 9.89 Å². The second-order valence-electron chi connectivity index (χ2n) is 10.2. The van der Waals surface area contributed by atoms with E-state index in [9.17, 15) is 9.18 Å². The number of fused-ring (bicyclic) bond motifs is 1. The van der Waals surface area contributed by atoms with Gasteiger partial charge in [-0.1, -0.05) is 24.3 Å². The molecule has 192 valence electrons. The maximum absolute atomic E-state index is 14.0. The maximum atomic E-state index is 14.0. The first-order chi connectivity index (χ1) is 17.8. The standard InChI is InChI=1S/C30H33FN4O2/c1-19-8-12-25(29-26(19)18-32-33-29)27(14-15-34(2)3)35(4)30(36)21-9-13-24(20-6-5-7-22(31)16-20)28(17-21)37-23-10-11-23/h5-9,12-13,16-18,23,27H,10-11,14-15H2,1-4H3,(H,32,33)/t27-/m1/s1. The third-order valence-corrected chi connectivity index (χ3v) is 7.04. The number of aryl methyl sites for hydroxylation is 1. The third kappa shape index (κ3) is 5.37. The Bertz CT molecular complexity index is 1430. The molecule has 0 spiro atoms. The molecule has 0 saturated heterocycles. The highest BCUT2D eigenvalue weighted by molar-refractivity contribution is 5.96. The van der Waals surface area contributed by atoms with Crippen molar-refractivity contribution >= 4 is 16.8 Å². The Balaban J connectivity index is 1.50. The van der Waals surface area contributed by atoms with Crippen LogP contribution in [-0.2, 0) is 0 Å². The number of amides is 1. The van der Waals surface area contributed by atoms with Gasteiger partial charge in [0.25, 0.3) is 5.91 Å². The highest BCUT2D eigenvalue weighted by atomic mass is 19.1. The number of rotatable bonds is 9. The van der Waals surface area contributed by atoms with Crippen LogP contribution in [0.5, 0.6) is 5.75 Å². The molecule has 0 unspecified atom stereocenters. The number of nitrogens with one attached hydrogen (secondary N) is 1. The Hall–Kier alpha value is -3.71. The zero-order valence-corrected chi connectivity index (χ0v) is 21.8. The molecule has 0 bridgehead atoms. The molecule has 37 heavy (non-hydrogen) atoms. The second-order valence-corrected chi connectivity index (χ2v) is 10.2. The monoisotopic (exact) mass is 500 g/mol. The van der Waals surface area contributed by atoms with Crippen LogP contribution < -0.4 is 4.74 Å². The van der Waals surface area contributed by atoms with E-state index in [4.69, 9.17) is 4.74 Å². The minimum atomic E-state index is -0.304. The van der Waals surface area contributed by atoms with Gasteiger partial charge in [-0.05, 0) is 88.3 Å². The SMILES string of the molecule is Cc1ccc([C@@H](CCN(C)C)N(C)C(=O)c2ccc(-c3cccc(F)c3)c(OC3CC3)c2)c2[nH]ncc12. The molecule has 1 aliphatic rings. The number of ether oxygens (including phenoxy) is 1. The lowest BCUT2D eigenvalue weighted by Crippen LogP contribution is -2.33. The number of aromatic nitrogens is 2. The van der Waals surface area contributed by atoms with E-state index in [1.54, 1.807) is 12.1 Å².